The van der Waals surface area contributed by atoms with Crippen LogP contribution in [-0.4, -0.2) is 37.2 Å². The number of rotatable bonds is 6. The molecule has 1 heterocycles. The zero-order valence-electron chi connectivity index (χ0n) is 16.6. The average molecular weight is 415 g/mol. The maximum absolute atomic E-state index is 12.8. The number of likely N-dealkylation sites (N-methyl/N-ethyl adjacent to an activating group) is 1. The Morgan fingerprint density at radius 1 is 1.21 bits per heavy atom. The Morgan fingerprint density at radius 3 is 2.59 bits per heavy atom. The molecule has 2 aromatic carbocycles. The first kappa shape index (κ1) is 20.7. The predicted molar refractivity (Wildman–Crippen MR) is 111 cm³/mol. The van der Waals surface area contributed by atoms with Crippen LogP contribution < -0.4 is 10.1 Å². The Bertz CT molecular complexity index is 940. The van der Waals surface area contributed by atoms with Gasteiger partial charge >= 0.3 is 12.0 Å². The number of carbonyl (C=O) groups excluding carboxylic acids is 2. The molecule has 0 radical (unpaired) electrons. The van der Waals surface area contributed by atoms with Gasteiger partial charge in [-0.1, -0.05) is 47.5 Å². The van der Waals surface area contributed by atoms with Crippen LogP contribution in [-0.2, 0) is 9.53 Å². The van der Waals surface area contributed by atoms with Crippen LogP contribution >= 0.6 is 11.6 Å². The molecular formula is C22H23ClN2O4. The van der Waals surface area contributed by atoms with E-state index >= 15 is 0 Å². The minimum absolute atomic E-state index is 0.0147. The van der Waals surface area contributed by atoms with Gasteiger partial charge in [-0.05, 0) is 37.6 Å². The lowest BCUT2D eigenvalue weighted by molar-refractivity contribution is -0.139. The molecule has 0 saturated carbocycles. The van der Waals surface area contributed by atoms with Crippen LogP contribution in [0.4, 0.5) is 4.79 Å². The van der Waals surface area contributed by atoms with Gasteiger partial charge in [0.25, 0.3) is 0 Å². The largest absolute Gasteiger partial charge is 0.487 e. The molecule has 0 spiro atoms. The zero-order valence-corrected chi connectivity index (χ0v) is 17.3. The first-order valence-corrected chi connectivity index (χ1v) is 9.67. The quantitative estimate of drug-likeness (QED) is 0.718. The lowest BCUT2D eigenvalue weighted by Crippen LogP contribution is -2.48. The number of hydrogen-bond acceptors (Lipinski definition) is 4. The molecule has 1 aliphatic rings. The second-order valence-corrected chi connectivity index (χ2v) is 7.12. The van der Waals surface area contributed by atoms with E-state index in [4.69, 9.17) is 21.1 Å². The molecule has 0 aromatic heterocycles. The number of ether oxygens (including phenoxy) is 2. The van der Waals surface area contributed by atoms with Crippen LogP contribution in [0, 0.1) is 6.92 Å². The molecule has 0 unspecified atom stereocenters. The Kier molecular flexibility index (Phi) is 6.44. The molecule has 152 valence electrons. The van der Waals surface area contributed by atoms with Crippen LogP contribution in [0.1, 0.15) is 24.1 Å². The van der Waals surface area contributed by atoms with E-state index in [1.807, 2.05) is 31.2 Å². The lowest BCUT2D eigenvalue weighted by Gasteiger charge is -2.34. The number of carbonyl (C=O) groups is 2. The molecule has 6 nitrogen and oxygen atoms in total. The van der Waals surface area contributed by atoms with E-state index in [2.05, 4.69) is 5.32 Å². The second-order valence-electron chi connectivity index (χ2n) is 6.68. The van der Waals surface area contributed by atoms with Gasteiger partial charge in [0.05, 0.1) is 23.9 Å². The van der Waals surface area contributed by atoms with Gasteiger partial charge in [-0.3, -0.25) is 4.90 Å². The molecule has 2 amide bonds. The van der Waals surface area contributed by atoms with Crippen LogP contribution in [0.2, 0.25) is 5.02 Å². The minimum Gasteiger partial charge on any atom is -0.487 e. The molecule has 29 heavy (non-hydrogen) atoms. The molecular weight excluding hydrogens is 392 g/mol. The maximum atomic E-state index is 12.8. The zero-order chi connectivity index (χ0) is 21.0. The Labute approximate surface area is 175 Å². The first-order valence-electron chi connectivity index (χ1n) is 9.30. The third-order valence-electron chi connectivity index (χ3n) is 4.65. The van der Waals surface area contributed by atoms with Gasteiger partial charge in [-0.15, -0.1) is 0 Å². The third-order valence-corrected chi connectivity index (χ3v) is 4.89. The van der Waals surface area contributed by atoms with E-state index in [9.17, 15) is 9.59 Å². The van der Waals surface area contributed by atoms with Crippen molar-refractivity contribution in [2.24, 2.45) is 0 Å². The van der Waals surface area contributed by atoms with Crippen molar-refractivity contribution in [1.29, 1.82) is 0 Å². The van der Waals surface area contributed by atoms with Crippen LogP contribution in [0.15, 0.2) is 59.8 Å². The van der Waals surface area contributed by atoms with Gasteiger partial charge < -0.3 is 14.8 Å². The van der Waals surface area contributed by atoms with Crippen molar-refractivity contribution in [2.75, 3.05) is 20.3 Å². The van der Waals surface area contributed by atoms with Crippen LogP contribution in [0.5, 0.6) is 5.75 Å². The molecule has 0 bridgehead atoms. The topological polar surface area (TPSA) is 67.9 Å². The summed E-state index contributed by atoms with van der Waals surface area (Å²) in [5.74, 6) is 0.0501. The SMILES string of the molecule is CCOC(=O)C1=C(COc2cccc(Cl)c2)N(C)C(=O)N[C@@H]1c1ccc(C)cc1. The second kappa shape index (κ2) is 9.01. The highest BCUT2D eigenvalue weighted by Gasteiger charge is 2.37. The van der Waals surface area contributed by atoms with Gasteiger partial charge in [0.15, 0.2) is 0 Å². The van der Waals surface area contributed by atoms with Crippen molar-refractivity contribution in [3.8, 4) is 5.75 Å². The van der Waals surface area contributed by atoms with Gasteiger partial charge in [0.1, 0.15) is 12.4 Å². The predicted octanol–water partition coefficient (Wildman–Crippen LogP) is 4.24. The van der Waals surface area contributed by atoms with E-state index in [0.717, 1.165) is 11.1 Å². The fourth-order valence-electron chi connectivity index (χ4n) is 3.10. The highest BCUT2D eigenvalue weighted by molar-refractivity contribution is 6.30. The summed E-state index contributed by atoms with van der Waals surface area (Å²) in [5, 5.41) is 3.42. The summed E-state index contributed by atoms with van der Waals surface area (Å²) in [6.07, 6.45) is 0. The fourth-order valence-corrected chi connectivity index (χ4v) is 3.28. The van der Waals surface area contributed by atoms with E-state index < -0.39 is 12.0 Å². The van der Waals surface area contributed by atoms with Gasteiger partial charge in [0, 0.05) is 12.1 Å². The number of nitrogens with zero attached hydrogens (tertiary/aromatic N) is 1. The molecule has 0 fully saturated rings. The first-order chi connectivity index (χ1) is 13.9. The highest BCUT2D eigenvalue weighted by atomic mass is 35.5. The fraction of sp³-hybridized carbons (Fsp3) is 0.273. The molecule has 2 aromatic rings. The van der Waals surface area contributed by atoms with Crippen LogP contribution in [0.25, 0.3) is 0 Å². The van der Waals surface area contributed by atoms with Crippen molar-refractivity contribution in [2.45, 2.75) is 19.9 Å². The monoisotopic (exact) mass is 414 g/mol. The molecule has 0 saturated heterocycles. The number of urea groups is 1. The summed E-state index contributed by atoms with van der Waals surface area (Å²) in [5.41, 5.74) is 2.66. The Morgan fingerprint density at radius 2 is 1.93 bits per heavy atom. The molecule has 0 aliphatic carbocycles. The maximum Gasteiger partial charge on any atom is 0.338 e. The molecule has 1 atom stereocenters. The molecule has 1 N–H and O–H groups in total. The van der Waals surface area contributed by atoms with E-state index in [1.54, 1.807) is 38.2 Å². The summed E-state index contributed by atoms with van der Waals surface area (Å²) in [6.45, 7) is 3.96. The molecule has 1 aliphatic heterocycles. The number of benzene rings is 2. The van der Waals surface area contributed by atoms with E-state index in [0.29, 0.717) is 22.0 Å². The van der Waals surface area contributed by atoms with Crippen molar-refractivity contribution in [3.63, 3.8) is 0 Å². The van der Waals surface area contributed by atoms with Crippen molar-refractivity contribution >= 4 is 23.6 Å². The summed E-state index contributed by atoms with van der Waals surface area (Å²) >= 11 is 6.01. The van der Waals surface area contributed by atoms with Gasteiger partial charge in [-0.2, -0.15) is 0 Å². The number of nitrogens with one attached hydrogen (secondary N) is 1. The minimum atomic E-state index is -0.628. The van der Waals surface area contributed by atoms with Crippen molar-refractivity contribution < 1.29 is 19.1 Å². The summed E-state index contributed by atoms with van der Waals surface area (Å²) in [4.78, 5) is 26.8. The average Bonchev–Trinajstić information content (AvgIpc) is 2.69. The summed E-state index contributed by atoms with van der Waals surface area (Å²) in [6, 6.07) is 13.6. The number of amides is 2. The standard InChI is InChI=1S/C22H23ClN2O4/c1-4-28-21(26)19-18(13-29-17-7-5-6-16(23)12-17)25(3)22(27)24-20(19)15-10-8-14(2)9-11-15/h5-12,20H,4,13H2,1-3H3,(H,24,27)/t20-/m1/s1. The normalized spacial score (nSPS) is 16.5. The van der Waals surface area contributed by atoms with E-state index in [-0.39, 0.29) is 19.2 Å². The van der Waals surface area contributed by atoms with Crippen molar-refractivity contribution in [1.82, 2.24) is 10.2 Å². The smallest absolute Gasteiger partial charge is 0.338 e. The van der Waals surface area contributed by atoms with Crippen LogP contribution in [0.3, 0.4) is 0 Å². The number of halogens is 1. The Hall–Kier alpha value is -2.99. The third kappa shape index (κ3) is 4.71. The summed E-state index contributed by atoms with van der Waals surface area (Å²) in [7, 11) is 1.59. The van der Waals surface area contributed by atoms with E-state index in [1.165, 1.54) is 4.90 Å². The highest BCUT2D eigenvalue weighted by Crippen LogP contribution is 2.31. The molecule has 7 heteroatoms. The Balaban J connectivity index is 2.02. The number of hydrogen-bond donors (Lipinski definition) is 1. The summed E-state index contributed by atoms with van der Waals surface area (Å²) < 4.78 is 11.1. The number of aryl methyl sites for hydroxylation is 1. The lowest BCUT2D eigenvalue weighted by atomic mass is 9.94. The number of esters is 1. The van der Waals surface area contributed by atoms with Gasteiger partial charge in [0.2, 0.25) is 0 Å². The molecule has 3 rings (SSSR count). The van der Waals surface area contributed by atoms with Crippen molar-refractivity contribution in [3.05, 3.63) is 76.0 Å². The van der Waals surface area contributed by atoms with Gasteiger partial charge in [-0.25, -0.2) is 9.59 Å².